The van der Waals surface area contributed by atoms with Crippen molar-refractivity contribution in [1.82, 2.24) is 14.8 Å². The molecule has 4 rings (SSSR count). The number of pyridine rings is 1. The van der Waals surface area contributed by atoms with Crippen LogP contribution in [-0.2, 0) is 20.4 Å². The molecule has 0 bridgehead atoms. The van der Waals surface area contributed by atoms with Gasteiger partial charge in [-0.15, -0.1) is 0 Å². The zero-order valence-corrected chi connectivity index (χ0v) is 26.4. The maximum absolute atomic E-state index is 16.1. The Kier molecular flexibility index (Phi) is 10.3. The molecule has 2 unspecified atom stereocenters. The maximum Gasteiger partial charge on any atom is 0.246 e. The summed E-state index contributed by atoms with van der Waals surface area (Å²) in [5, 5.41) is 12.0. The highest BCUT2D eigenvalue weighted by molar-refractivity contribution is 7.84. The van der Waals surface area contributed by atoms with Gasteiger partial charge in [0, 0.05) is 37.5 Å². The molecule has 0 radical (unpaired) electrons. The molecule has 12 heteroatoms. The van der Waals surface area contributed by atoms with Crippen molar-refractivity contribution in [3.05, 3.63) is 82.6 Å². The molecule has 44 heavy (non-hydrogen) atoms. The van der Waals surface area contributed by atoms with Gasteiger partial charge in [-0.3, -0.25) is 13.8 Å². The third-order valence-electron chi connectivity index (χ3n) is 7.35. The van der Waals surface area contributed by atoms with E-state index in [1.165, 1.54) is 24.3 Å². The summed E-state index contributed by atoms with van der Waals surface area (Å²) in [6.45, 7) is 10.5. The molecule has 2 heterocycles. The number of anilines is 1. The van der Waals surface area contributed by atoms with Crippen molar-refractivity contribution in [2.75, 3.05) is 31.2 Å². The molecule has 1 N–H and O–H groups in total. The Hall–Kier alpha value is -4.40. The Labute approximate surface area is 263 Å². The number of halogens is 2. The summed E-state index contributed by atoms with van der Waals surface area (Å²) >= 11 is 6.42. The first-order valence-electron chi connectivity index (χ1n) is 13.8. The lowest BCUT2D eigenvalue weighted by Gasteiger charge is -2.41. The van der Waals surface area contributed by atoms with Crippen LogP contribution in [0.15, 0.2) is 65.0 Å². The van der Waals surface area contributed by atoms with Crippen LogP contribution in [-0.4, -0.2) is 69.1 Å². The van der Waals surface area contributed by atoms with Crippen molar-refractivity contribution in [3.63, 3.8) is 0 Å². The summed E-state index contributed by atoms with van der Waals surface area (Å²) in [5.74, 6) is -0.669. The van der Waals surface area contributed by atoms with E-state index in [9.17, 15) is 19.1 Å². The first-order chi connectivity index (χ1) is 21.0. The monoisotopic (exact) mass is 634 g/mol. The fourth-order valence-electron chi connectivity index (χ4n) is 5.16. The molecule has 3 aromatic rings. The van der Waals surface area contributed by atoms with Gasteiger partial charge in [0.2, 0.25) is 12.3 Å². The summed E-state index contributed by atoms with van der Waals surface area (Å²) in [6.07, 6.45) is 3.25. The molecule has 1 aromatic heterocycles. The van der Waals surface area contributed by atoms with E-state index in [4.69, 9.17) is 16.6 Å². The lowest BCUT2D eigenvalue weighted by molar-refractivity contribution is -0.128. The van der Waals surface area contributed by atoms with Gasteiger partial charge in [0.05, 0.1) is 37.5 Å². The molecule has 1 aliphatic rings. The minimum Gasteiger partial charge on any atom is -0.350 e. The Bertz CT molecular complexity index is 1720. The van der Waals surface area contributed by atoms with Gasteiger partial charge >= 0.3 is 0 Å². The summed E-state index contributed by atoms with van der Waals surface area (Å²) in [5.41, 5.74) is 1.65. The summed E-state index contributed by atoms with van der Waals surface area (Å²) in [7, 11) is -1.41. The van der Waals surface area contributed by atoms with E-state index in [0.29, 0.717) is 36.6 Å². The number of piperazine rings is 1. The van der Waals surface area contributed by atoms with Gasteiger partial charge in [-0.05, 0) is 42.7 Å². The molecule has 2 amide bonds. The fraction of sp³-hybridized carbons (Fsp3) is 0.281. The van der Waals surface area contributed by atoms with Crippen molar-refractivity contribution in [2.24, 2.45) is 4.99 Å². The molecule has 0 aliphatic carbocycles. The third-order valence-corrected chi connectivity index (χ3v) is 8.71. The van der Waals surface area contributed by atoms with Crippen LogP contribution >= 0.6 is 11.6 Å². The zero-order valence-electron chi connectivity index (χ0n) is 24.8. The van der Waals surface area contributed by atoms with Gasteiger partial charge in [0.15, 0.2) is 0 Å². The van der Waals surface area contributed by atoms with E-state index in [0.717, 1.165) is 5.56 Å². The second-order valence-electron chi connectivity index (χ2n) is 10.5. The molecular formula is C32H32ClFN6O3S. The minimum atomic E-state index is -1.41. The predicted molar refractivity (Wildman–Crippen MR) is 171 cm³/mol. The molecule has 0 saturated carbocycles. The largest absolute Gasteiger partial charge is 0.350 e. The number of nitrogens with zero attached hydrogens (tertiary/aromatic N) is 5. The quantitative estimate of drug-likeness (QED) is 0.148. The molecule has 1 aliphatic heterocycles. The maximum atomic E-state index is 16.1. The van der Waals surface area contributed by atoms with Crippen LogP contribution in [0.5, 0.6) is 0 Å². The second-order valence-corrected chi connectivity index (χ2v) is 12.3. The number of rotatable bonds is 8. The smallest absolute Gasteiger partial charge is 0.246 e. The van der Waals surface area contributed by atoms with Gasteiger partial charge in [-0.2, -0.15) is 5.26 Å². The highest BCUT2D eigenvalue weighted by atomic mass is 35.5. The lowest BCUT2D eigenvalue weighted by atomic mass is 10.0. The molecule has 228 valence electrons. The SMILES string of the molecule is C=CC(=O)N1CCN(C(=Nc2c(C(C)C)cccc2S(C)=O)c2cc(F)c(-c3cccc(C#N)c3Cl)nc2NC=O)C(C)C1. The summed E-state index contributed by atoms with van der Waals surface area (Å²) in [6, 6.07) is 13.0. The molecule has 1 saturated heterocycles. The average Bonchev–Trinajstić information content (AvgIpc) is 3.00. The first-order valence-corrected chi connectivity index (χ1v) is 15.8. The van der Waals surface area contributed by atoms with Crippen LogP contribution < -0.4 is 5.32 Å². The van der Waals surface area contributed by atoms with E-state index in [2.05, 4.69) is 16.9 Å². The Morgan fingerprint density at radius 2 is 2.02 bits per heavy atom. The number of carbonyl (C=O) groups excluding carboxylic acids is 2. The number of aromatic nitrogens is 1. The summed E-state index contributed by atoms with van der Waals surface area (Å²) < 4.78 is 28.9. The van der Waals surface area contributed by atoms with Crippen LogP contribution in [0.25, 0.3) is 11.3 Å². The van der Waals surface area contributed by atoms with Crippen LogP contribution in [0, 0.1) is 17.1 Å². The topological polar surface area (TPSA) is 119 Å². The number of benzene rings is 2. The van der Waals surface area contributed by atoms with E-state index >= 15 is 4.39 Å². The zero-order chi connectivity index (χ0) is 32.1. The number of carbonyl (C=O) groups is 2. The molecule has 2 aromatic carbocycles. The van der Waals surface area contributed by atoms with E-state index in [-0.39, 0.29) is 56.9 Å². The lowest BCUT2D eigenvalue weighted by Crippen LogP contribution is -2.55. The molecule has 9 nitrogen and oxygen atoms in total. The van der Waals surface area contributed by atoms with Gasteiger partial charge in [0.1, 0.15) is 29.2 Å². The number of hydrogen-bond acceptors (Lipinski definition) is 6. The number of para-hydroxylation sites is 1. The normalized spacial score (nSPS) is 16.0. The highest BCUT2D eigenvalue weighted by Gasteiger charge is 2.32. The molecule has 1 fully saturated rings. The van der Waals surface area contributed by atoms with Crippen LogP contribution in [0.2, 0.25) is 5.02 Å². The van der Waals surface area contributed by atoms with Crippen molar-refractivity contribution >= 4 is 52.1 Å². The Balaban J connectivity index is 2.01. The van der Waals surface area contributed by atoms with E-state index in [1.807, 2.05) is 43.9 Å². The molecule has 0 spiro atoms. The number of hydrogen-bond donors (Lipinski definition) is 1. The predicted octanol–water partition coefficient (Wildman–Crippen LogP) is 5.64. The summed E-state index contributed by atoms with van der Waals surface area (Å²) in [4.78, 5) is 37.8. The Morgan fingerprint density at radius 1 is 1.30 bits per heavy atom. The molecular weight excluding hydrogens is 603 g/mol. The highest BCUT2D eigenvalue weighted by Crippen LogP contribution is 2.37. The van der Waals surface area contributed by atoms with E-state index in [1.54, 1.807) is 23.3 Å². The molecule has 2 atom stereocenters. The van der Waals surface area contributed by atoms with Gasteiger partial charge in [-0.1, -0.05) is 56.3 Å². The van der Waals surface area contributed by atoms with Gasteiger partial charge in [-0.25, -0.2) is 14.4 Å². The number of amides is 2. The Morgan fingerprint density at radius 3 is 2.64 bits per heavy atom. The number of amidine groups is 1. The minimum absolute atomic E-state index is 0.00609. The van der Waals surface area contributed by atoms with Crippen molar-refractivity contribution in [1.29, 1.82) is 5.26 Å². The van der Waals surface area contributed by atoms with Crippen molar-refractivity contribution < 1.29 is 18.2 Å². The fourth-order valence-corrected chi connectivity index (χ4v) is 6.12. The first kappa shape index (κ1) is 32.5. The van der Waals surface area contributed by atoms with E-state index < -0.39 is 16.6 Å². The van der Waals surface area contributed by atoms with Crippen LogP contribution in [0.3, 0.4) is 0 Å². The van der Waals surface area contributed by atoms with Crippen LogP contribution in [0.4, 0.5) is 15.9 Å². The number of nitrogens with one attached hydrogen (secondary N) is 1. The average molecular weight is 635 g/mol. The standard InChI is InChI=1S/C32H32ClFN6O3S/c1-6-27(42)39-13-14-40(20(4)17-39)32(38-30-22(19(2)3)10-8-12-26(30)44(5)43)24-15-25(34)29(37-31(24)36-18-41)23-11-7-9-21(16-35)28(23)33/h6-12,15,18-20H,1,13-14,17H2,2-5H3,(H,36,37,41). The number of aliphatic imine (C=N–C) groups is 1. The van der Waals surface area contributed by atoms with Crippen molar-refractivity contribution in [3.8, 4) is 17.3 Å². The second kappa shape index (κ2) is 13.9. The third kappa shape index (κ3) is 6.56. The van der Waals surface area contributed by atoms with Gasteiger partial charge in [0.25, 0.3) is 0 Å². The van der Waals surface area contributed by atoms with Gasteiger partial charge < -0.3 is 15.1 Å². The van der Waals surface area contributed by atoms with Crippen LogP contribution in [0.1, 0.15) is 43.4 Å². The number of nitriles is 1. The van der Waals surface area contributed by atoms with Crippen molar-refractivity contribution in [2.45, 2.75) is 37.6 Å².